The second-order valence-corrected chi connectivity index (χ2v) is 6.79. The number of ether oxygens (including phenoxy) is 1. The molecule has 0 aromatic heterocycles. The first-order valence-corrected chi connectivity index (χ1v) is 8.18. The number of nitrogens with one attached hydrogen (secondary N) is 1. The summed E-state index contributed by atoms with van der Waals surface area (Å²) < 4.78 is 5.35. The SMILES string of the molecule is CC1=C(C(=O)OCC(C)C)C(c2c(Cl)cccc2Cl)CC(=O)N1. The van der Waals surface area contributed by atoms with E-state index >= 15 is 0 Å². The lowest BCUT2D eigenvalue weighted by Crippen LogP contribution is -2.34. The lowest BCUT2D eigenvalue weighted by Gasteiger charge is -2.28. The maximum Gasteiger partial charge on any atom is 0.336 e. The van der Waals surface area contributed by atoms with E-state index in [-0.39, 0.29) is 18.2 Å². The van der Waals surface area contributed by atoms with Gasteiger partial charge in [0.2, 0.25) is 5.91 Å². The van der Waals surface area contributed by atoms with Gasteiger partial charge in [-0.25, -0.2) is 4.79 Å². The normalized spacial score (nSPS) is 18.2. The molecule has 0 bridgehead atoms. The molecular weight excluding hydrogens is 337 g/mol. The maximum absolute atomic E-state index is 12.5. The van der Waals surface area contributed by atoms with Crippen molar-refractivity contribution in [2.75, 3.05) is 6.61 Å². The minimum absolute atomic E-state index is 0.104. The first-order valence-electron chi connectivity index (χ1n) is 7.43. The van der Waals surface area contributed by atoms with Crippen molar-refractivity contribution in [1.82, 2.24) is 5.32 Å². The number of allylic oxidation sites excluding steroid dienone is 1. The lowest BCUT2D eigenvalue weighted by molar-refractivity contribution is -0.140. The molecule has 1 aromatic carbocycles. The van der Waals surface area contributed by atoms with E-state index in [0.717, 1.165) is 0 Å². The van der Waals surface area contributed by atoms with E-state index in [4.69, 9.17) is 27.9 Å². The molecule has 0 radical (unpaired) electrons. The lowest BCUT2D eigenvalue weighted by atomic mass is 9.84. The summed E-state index contributed by atoms with van der Waals surface area (Å²) in [5.41, 5.74) is 1.47. The number of carbonyl (C=O) groups excluding carboxylic acids is 2. The molecule has 0 saturated carbocycles. The second-order valence-electron chi connectivity index (χ2n) is 5.97. The van der Waals surface area contributed by atoms with E-state index in [1.807, 2.05) is 13.8 Å². The van der Waals surface area contributed by atoms with Crippen molar-refractivity contribution in [3.05, 3.63) is 45.1 Å². The van der Waals surface area contributed by atoms with Crippen LogP contribution in [0.15, 0.2) is 29.5 Å². The molecule has 0 saturated heterocycles. The number of halogens is 2. The summed E-state index contributed by atoms with van der Waals surface area (Å²) in [5.74, 6) is -0.911. The molecule has 1 aromatic rings. The number of rotatable bonds is 4. The quantitative estimate of drug-likeness (QED) is 0.828. The van der Waals surface area contributed by atoms with Gasteiger partial charge in [-0.15, -0.1) is 0 Å². The van der Waals surface area contributed by atoms with Gasteiger partial charge in [0.15, 0.2) is 0 Å². The Hall–Kier alpha value is -1.52. The van der Waals surface area contributed by atoms with Crippen molar-refractivity contribution < 1.29 is 14.3 Å². The zero-order valence-electron chi connectivity index (χ0n) is 13.3. The third-order valence-corrected chi connectivity index (χ3v) is 4.24. The average Bonchev–Trinajstić information content (AvgIpc) is 2.44. The van der Waals surface area contributed by atoms with E-state index in [0.29, 0.717) is 33.5 Å². The fraction of sp³-hybridized carbons (Fsp3) is 0.412. The molecule has 124 valence electrons. The highest BCUT2D eigenvalue weighted by Crippen LogP contribution is 2.40. The van der Waals surface area contributed by atoms with Crippen molar-refractivity contribution in [2.45, 2.75) is 33.1 Å². The number of hydrogen-bond acceptors (Lipinski definition) is 3. The highest BCUT2D eigenvalue weighted by molar-refractivity contribution is 6.36. The van der Waals surface area contributed by atoms with Gasteiger partial charge in [-0.1, -0.05) is 43.1 Å². The molecule has 1 heterocycles. The van der Waals surface area contributed by atoms with Crippen LogP contribution in [0.1, 0.15) is 38.7 Å². The van der Waals surface area contributed by atoms with Crippen LogP contribution in [0.4, 0.5) is 0 Å². The Morgan fingerprint density at radius 2 is 1.96 bits per heavy atom. The Labute approximate surface area is 145 Å². The standard InChI is InChI=1S/C17H19Cl2NO3/c1-9(2)8-23-17(22)15-10(3)20-14(21)7-11(15)16-12(18)5-4-6-13(16)19/h4-6,9,11H,7-8H2,1-3H3,(H,20,21). The van der Waals surface area contributed by atoms with Crippen LogP contribution in [-0.4, -0.2) is 18.5 Å². The maximum atomic E-state index is 12.5. The predicted molar refractivity (Wildman–Crippen MR) is 90.5 cm³/mol. The van der Waals surface area contributed by atoms with Crippen molar-refractivity contribution in [1.29, 1.82) is 0 Å². The molecule has 2 rings (SSSR count). The van der Waals surface area contributed by atoms with Crippen LogP contribution in [0.5, 0.6) is 0 Å². The molecule has 0 aliphatic carbocycles. The Morgan fingerprint density at radius 1 is 1.35 bits per heavy atom. The predicted octanol–water partition coefficient (Wildman–Crippen LogP) is 4.07. The smallest absolute Gasteiger partial charge is 0.336 e. The molecule has 0 spiro atoms. The molecule has 6 heteroatoms. The third kappa shape index (κ3) is 4.06. The van der Waals surface area contributed by atoms with Crippen LogP contribution in [0.25, 0.3) is 0 Å². The zero-order chi connectivity index (χ0) is 17.1. The van der Waals surface area contributed by atoms with Gasteiger partial charge in [0, 0.05) is 28.1 Å². The third-order valence-electron chi connectivity index (χ3n) is 3.58. The summed E-state index contributed by atoms with van der Waals surface area (Å²) in [7, 11) is 0. The summed E-state index contributed by atoms with van der Waals surface area (Å²) in [6.07, 6.45) is 0.104. The minimum Gasteiger partial charge on any atom is -0.462 e. The van der Waals surface area contributed by atoms with Gasteiger partial charge in [0.1, 0.15) is 0 Å². The van der Waals surface area contributed by atoms with Crippen LogP contribution in [0.3, 0.4) is 0 Å². The van der Waals surface area contributed by atoms with Gasteiger partial charge >= 0.3 is 5.97 Å². The molecule has 23 heavy (non-hydrogen) atoms. The van der Waals surface area contributed by atoms with Crippen LogP contribution in [-0.2, 0) is 14.3 Å². The van der Waals surface area contributed by atoms with Crippen LogP contribution in [0, 0.1) is 5.92 Å². The zero-order valence-corrected chi connectivity index (χ0v) is 14.8. The molecule has 1 aliphatic heterocycles. The topological polar surface area (TPSA) is 55.4 Å². The van der Waals surface area contributed by atoms with E-state index < -0.39 is 11.9 Å². The van der Waals surface area contributed by atoms with Gasteiger partial charge in [-0.05, 0) is 30.5 Å². The van der Waals surface area contributed by atoms with E-state index in [2.05, 4.69) is 5.32 Å². The number of esters is 1. The number of amides is 1. The molecule has 1 atom stereocenters. The number of benzene rings is 1. The Balaban J connectivity index is 2.44. The molecule has 1 N–H and O–H groups in total. The van der Waals surface area contributed by atoms with Crippen LogP contribution in [0.2, 0.25) is 10.0 Å². The molecular formula is C17H19Cl2NO3. The van der Waals surface area contributed by atoms with E-state index in [1.54, 1.807) is 25.1 Å². The fourth-order valence-electron chi connectivity index (χ4n) is 2.58. The van der Waals surface area contributed by atoms with Crippen molar-refractivity contribution in [3.63, 3.8) is 0 Å². The monoisotopic (exact) mass is 355 g/mol. The summed E-state index contributed by atoms with van der Waals surface area (Å²) in [6, 6.07) is 5.12. The van der Waals surface area contributed by atoms with Crippen molar-refractivity contribution >= 4 is 35.1 Å². The van der Waals surface area contributed by atoms with E-state index in [1.165, 1.54) is 0 Å². The molecule has 1 amide bonds. The number of hydrogen-bond donors (Lipinski definition) is 1. The van der Waals surface area contributed by atoms with E-state index in [9.17, 15) is 9.59 Å². The second kappa shape index (κ2) is 7.37. The Kier molecular flexibility index (Phi) is 5.71. The average molecular weight is 356 g/mol. The summed E-state index contributed by atoms with van der Waals surface area (Å²) in [4.78, 5) is 24.4. The number of carbonyl (C=O) groups is 2. The molecule has 0 fully saturated rings. The van der Waals surface area contributed by atoms with Crippen LogP contribution >= 0.6 is 23.2 Å². The van der Waals surface area contributed by atoms with Gasteiger partial charge < -0.3 is 10.1 Å². The minimum atomic E-state index is -0.510. The molecule has 4 nitrogen and oxygen atoms in total. The van der Waals surface area contributed by atoms with Crippen molar-refractivity contribution in [2.24, 2.45) is 5.92 Å². The molecule has 1 aliphatic rings. The van der Waals surface area contributed by atoms with Gasteiger partial charge in [-0.3, -0.25) is 4.79 Å². The summed E-state index contributed by atoms with van der Waals surface area (Å²) in [6.45, 7) is 5.91. The van der Waals surface area contributed by atoms with Crippen molar-refractivity contribution in [3.8, 4) is 0 Å². The fourth-order valence-corrected chi connectivity index (χ4v) is 3.24. The highest BCUT2D eigenvalue weighted by atomic mass is 35.5. The van der Waals surface area contributed by atoms with Gasteiger partial charge in [0.05, 0.1) is 12.2 Å². The highest BCUT2D eigenvalue weighted by Gasteiger charge is 2.35. The summed E-state index contributed by atoms with van der Waals surface area (Å²) >= 11 is 12.5. The van der Waals surface area contributed by atoms with Gasteiger partial charge in [-0.2, -0.15) is 0 Å². The largest absolute Gasteiger partial charge is 0.462 e. The Bertz CT molecular complexity index is 648. The first-order chi connectivity index (χ1) is 10.8. The Morgan fingerprint density at radius 3 is 2.52 bits per heavy atom. The first kappa shape index (κ1) is 17.8. The summed E-state index contributed by atoms with van der Waals surface area (Å²) in [5, 5.41) is 3.55. The van der Waals surface area contributed by atoms with Gasteiger partial charge in [0.25, 0.3) is 0 Å². The van der Waals surface area contributed by atoms with Crippen LogP contribution < -0.4 is 5.32 Å². The molecule has 1 unspecified atom stereocenters.